The molecule has 0 saturated carbocycles. The normalized spacial score (nSPS) is 14.6. The van der Waals surface area contributed by atoms with Crippen LogP contribution in [0.3, 0.4) is 0 Å². The molecule has 0 aromatic heterocycles. The van der Waals surface area contributed by atoms with Gasteiger partial charge in [0.25, 0.3) is 0 Å². The molecular formula is C8H11F2N2O3PS. The summed E-state index contributed by atoms with van der Waals surface area (Å²) in [7, 11) is 0. The van der Waals surface area contributed by atoms with E-state index in [0.29, 0.717) is 0 Å². The molecule has 6 N–H and O–H groups in total. The third kappa shape index (κ3) is 4.43. The van der Waals surface area contributed by atoms with Gasteiger partial charge in [0.2, 0.25) is 13.0 Å². The Morgan fingerprint density at radius 3 is 2.41 bits per heavy atom. The Morgan fingerprint density at radius 2 is 1.94 bits per heavy atom. The first-order valence-corrected chi connectivity index (χ1v) is 7.24. The van der Waals surface area contributed by atoms with Crippen molar-refractivity contribution < 1.29 is 23.9 Å². The summed E-state index contributed by atoms with van der Waals surface area (Å²) < 4.78 is 24.4. The molecule has 1 aromatic carbocycles. The van der Waals surface area contributed by atoms with Crippen LogP contribution in [0.5, 0.6) is 11.5 Å². The summed E-state index contributed by atoms with van der Waals surface area (Å²) in [5.41, 5.74) is 5.00. The van der Waals surface area contributed by atoms with Crippen LogP contribution >= 0.6 is 6.57 Å². The molecule has 0 aliphatic carbocycles. The van der Waals surface area contributed by atoms with Crippen LogP contribution in [0.25, 0.3) is 0 Å². The average Bonchev–Trinajstić information content (AvgIpc) is 2.10. The van der Waals surface area contributed by atoms with Crippen LogP contribution in [-0.2, 0) is 18.2 Å². The predicted octanol–water partition coefficient (Wildman–Crippen LogP) is 1.49. The average molecular weight is 284 g/mol. The molecule has 0 aliphatic heterocycles. The fourth-order valence-electron chi connectivity index (χ4n) is 1.21. The number of hydrogen-bond acceptors (Lipinski definition) is 3. The van der Waals surface area contributed by atoms with Gasteiger partial charge in [0.1, 0.15) is 11.5 Å². The Bertz CT molecular complexity index is 466. The Hall–Kier alpha value is -0.950. The molecule has 5 nitrogen and oxygen atoms in total. The molecule has 0 aliphatic rings. The van der Waals surface area contributed by atoms with Crippen molar-refractivity contribution in [1.29, 1.82) is 0 Å². The first-order valence-electron chi connectivity index (χ1n) is 4.41. The highest BCUT2D eigenvalue weighted by Crippen LogP contribution is 2.39. The first-order chi connectivity index (χ1) is 7.69. The van der Waals surface area contributed by atoms with Crippen molar-refractivity contribution in [3.63, 3.8) is 0 Å². The number of phenolic OH excluding ortho intramolecular Hbond substituents is 2. The lowest BCUT2D eigenvalue weighted by Gasteiger charge is -2.15. The topological polar surface area (TPSA) is 98.7 Å². The highest BCUT2D eigenvalue weighted by atomic mass is 32.4. The SMILES string of the molecule is NP(O)(=S)Nc1cc(CC(F)F)c(O)cc1O. The molecule has 9 heteroatoms. The predicted molar refractivity (Wildman–Crippen MR) is 63.8 cm³/mol. The minimum Gasteiger partial charge on any atom is -0.508 e. The second-order valence-electron chi connectivity index (χ2n) is 3.33. The van der Waals surface area contributed by atoms with E-state index in [4.69, 9.17) is 5.50 Å². The van der Waals surface area contributed by atoms with Gasteiger partial charge >= 0.3 is 0 Å². The molecule has 17 heavy (non-hydrogen) atoms. The number of aromatic hydroxyl groups is 2. The van der Waals surface area contributed by atoms with Crippen molar-refractivity contribution in [3.8, 4) is 11.5 Å². The van der Waals surface area contributed by atoms with Gasteiger partial charge in [-0.15, -0.1) is 0 Å². The lowest BCUT2D eigenvalue weighted by molar-refractivity contribution is 0.148. The molecule has 0 saturated heterocycles. The lowest BCUT2D eigenvalue weighted by atomic mass is 10.1. The molecule has 1 atom stereocenters. The molecule has 0 fully saturated rings. The Kier molecular flexibility index (Phi) is 4.26. The zero-order chi connectivity index (χ0) is 13.2. The second-order valence-corrected chi connectivity index (χ2v) is 6.47. The smallest absolute Gasteiger partial charge is 0.242 e. The van der Waals surface area contributed by atoms with Crippen molar-refractivity contribution in [2.24, 2.45) is 5.50 Å². The van der Waals surface area contributed by atoms with E-state index in [-0.39, 0.29) is 11.3 Å². The van der Waals surface area contributed by atoms with E-state index in [2.05, 4.69) is 16.9 Å². The van der Waals surface area contributed by atoms with Crippen molar-refractivity contribution in [3.05, 3.63) is 17.7 Å². The number of alkyl halides is 2. The minimum atomic E-state index is -3.33. The third-order valence-electron chi connectivity index (χ3n) is 1.85. The van der Waals surface area contributed by atoms with Crippen LogP contribution < -0.4 is 10.6 Å². The van der Waals surface area contributed by atoms with Crippen LogP contribution in [0.1, 0.15) is 5.56 Å². The van der Waals surface area contributed by atoms with Crippen molar-refractivity contribution >= 4 is 24.1 Å². The van der Waals surface area contributed by atoms with Gasteiger partial charge in [0.15, 0.2) is 0 Å². The fraction of sp³-hybridized carbons (Fsp3) is 0.250. The molecule has 0 heterocycles. The number of halogens is 2. The van der Waals surface area contributed by atoms with Gasteiger partial charge in [0.05, 0.1) is 5.69 Å². The molecule has 0 spiro atoms. The van der Waals surface area contributed by atoms with Gasteiger partial charge in [-0.3, -0.25) is 5.50 Å². The highest BCUT2D eigenvalue weighted by Gasteiger charge is 2.15. The second kappa shape index (κ2) is 5.14. The van der Waals surface area contributed by atoms with E-state index < -0.39 is 30.9 Å². The number of nitrogens with one attached hydrogen (secondary N) is 1. The monoisotopic (exact) mass is 284 g/mol. The van der Waals surface area contributed by atoms with E-state index in [0.717, 1.165) is 12.1 Å². The van der Waals surface area contributed by atoms with Crippen LogP contribution in [0.2, 0.25) is 0 Å². The largest absolute Gasteiger partial charge is 0.508 e. The molecular weight excluding hydrogens is 273 g/mol. The Balaban J connectivity index is 3.10. The van der Waals surface area contributed by atoms with Crippen LogP contribution in [-0.4, -0.2) is 21.5 Å². The van der Waals surface area contributed by atoms with Gasteiger partial charge in [-0.05, 0) is 17.9 Å². The maximum absolute atomic E-state index is 12.2. The summed E-state index contributed by atoms with van der Waals surface area (Å²) in [6, 6.07) is 1.95. The van der Waals surface area contributed by atoms with Gasteiger partial charge < -0.3 is 20.2 Å². The van der Waals surface area contributed by atoms with Crippen LogP contribution in [0.4, 0.5) is 14.5 Å². The Morgan fingerprint density at radius 1 is 1.35 bits per heavy atom. The van der Waals surface area contributed by atoms with Crippen molar-refractivity contribution in [1.82, 2.24) is 0 Å². The number of rotatable bonds is 4. The van der Waals surface area contributed by atoms with E-state index in [1.807, 2.05) is 0 Å². The molecule has 1 aromatic rings. The summed E-state index contributed by atoms with van der Waals surface area (Å²) in [6.45, 7) is -3.33. The van der Waals surface area contributed by atoms with Crippen molar-refractivity contribution in [2.45, 2.75) is 12.8 Å². The van der Waals surface area contributed by atoms with E-state index in [9.17, 15) is 23.9 Å². The third-order valence-corrected chi connectivity index (χ3v) is 2.69. The zero-order valence-electron chi connectivity index (χ0n) is 8.47. The van der Waals surface area contributed by atoms with E-state index >= 15 is 0 Å². The summed E-state index contributed by atoms with van der Waals surface area (Å²) in [4.78, 5) is 9.21. The maximum Gasteiger partial charge on any atom is 0.242 e. The fourth-order valence-corrected chi connectivity index (χ4v) is 2.03. The summed E-state index contributed by atoms with van der Waals surface area (Å²) >= 11 is 4.50. The number of anilines is 1. The number of benzene rings is 1. The van der Waals surface area contributed by atoms with Gasteiger partial charge in [-0.2, -0.15) is 0 Å². The van der Waals surface area contributed by atoms with E-state index in [1.54, 1.807) is 0 Å². The van der Waals surface area contributed by atoms with Gasteiger partial charge in [-0.25, -0.2) is 8.78 Å². The van der Waals surface area contributed by atoms with Crippen molar-refractivity contribution in [2.75, 3.05) is 5.09 Å². The first kappa shape index (κ1) is 14.1. The number of hydrogen-bond donors (Lipinski definition) is 5. The van der Waals surface area contributed by atoms with Crippen LogP contribution in [0, 0.1) is 0 Å². The lowest BCUT2D eigenvalue weighted by Crippen LogP contribution is -2.05. The zero-order valence-corrected chi connectivity index (χ0v) is 10.2. The molecule has 1 rings (SSSR count). The quantitative estimate of drug-likeness (QED) is 0.326. The van der Waals surface area contributed by atoms with E-state index in [1.165, 1.54) is 0 Å². The number of nitrogens with two attached hydrogens (primary N) is 1. The summed E-state index contributed by atoms with van der Waals surface area (Å²) in [5.74, 6) is -0.897. The Labute approximate surface area is 101 Å². The molecule has 0 amide bonds. The van der Waals surface area contributed by atoms with Gasteiger partial charge in [-0.1, -0.05) is 0 Å². The number of phenols is 2. The standard InChI is InChI=1S/C8H11F2N2O3PS/c9-8(10)2-4-1-5(12-16(11,15)17)7(14)3-6(4)13/h1,3,8,13-14H,2H2,(H4,11,12,15,17). The van der Waals surface area contributed by atoms with Gasteiger partial charge in [0, 0.05) is 18.1 Å². The van der Waals surface area contributed by atoms with Crippen LogP contribution in [0.15, 0.2) is 12.1 Å². The molecule has 96 valence electrons. The molecule has 0 bridgehead atoms. The summed E-state index contributed by atoms with van der Waals surface area (Å²) in [6.07, 6.45) is -3.33. The summed E-state index contributed by atoms with van der Waals surface area (Å²) in [5, 5.41) is 21.0. The maximum atomic E-state index is 12.2. The molecule has 0 radical (unpaired) electrons. The molecule has 1 unspecified atom stereocenters. The highest BCUT2D eigenvalue weighted by molar-refractivity contribution is 8.11. The minimum absolute atomic E-state index is 0.0799.